The minimum Gasteiger partial charge on any atom is -0.314 e. The van der Waals surface area contributed by atoms with Gasteiger partial charge in [-0.3, -0.25) is 0 Å². The van der Waals surface area contributed by atoms with E-state index in [0.29, 0.717) is 6.04 Å². The van der Waals surface area contributed by atoms with Gasteiger partial charge in [-0.05, 0) is 25.8 Å². The maximum atomic E-state index is 8.71. The van der Waals surface area contributed by atoms with Crippen molar-refractivity contribution in [2.24, 2.45) is 5.41 Å². The number of fused-ring (bicyclic) bond motifs is 2. The lowest BCUT2D eigenvalue weighted by Gasteiger charge is -2.48. The predicted molar refractivity (Wildman–Crippen MR) is 33.7 cm³/mol. The van der Waals surface area contributed by atoms with E-state index < -0.39 is 0 Å². The predicted octanol–water partition coefficient (Wildman–Crippen LogP) is 0.652. The van der Waals surface area contributed by atoms with Gasteiger partial charge in [0.1, 0.15) is 0 Å². The zero-order chi connectivity index (χ0) is 6.32. The highest BCUT2D eigenvalue weighted by Crippen LogP contribution is 2.46. The SMILES string of the molecule is N#CC12CCNC(C1)C2. The van der Waals surface area contributed by atoms with Crippen LogP contribution in [-0.2, 0) is 0 Å². The van der Waals surface area contributed by atoms with Crippen LogP contribution in [-0.4, -0.2) is 12.6 Å². The number of nitrogens with zero attached hydrogens (tertiary/aromatic N) is 1. The lowest BCUT2D eigenvalue weighted by molar-refractivity contribution is 0.0880. The molecule has 3 fully saturated rings. The van der Waals surface area contributed by atoms with Crippen LogP contribution >= 0.6 is 0 Å². The van der Waals surface area contributed by atoms with E-state index in [0.717, 1.165) is 25.8 Å². The van der Waals surface area contributed by atoms with Crippen LogP contribution < -0.4 is 5.32 Å². The van der Waals surface area contributed by atoms with Gasteiger partial charge in [-0.1, -0.05) is 0 Å². The molecule has 2 bridgehead atoms. The van der Waals surface area contributed by atoms with Crippen molar-refractivity contribution in [3.8, 4) is 6.07 Å². The first kappa shape index (κ1) is 5.25. The Bertz CT molecular complexity index is 157. The standard InChI is InChI=1S/C7H10N2/c8-5-7-1-2-9-6(3-7)4-7/h6,9H,1-4H2. The van der Waals surface area contributed by atoms with Gasteiger partial charge in [0.15, 0.2) is 0 Å². The van der Waals surface area contributed by atoms with Gasteiger partial charge in [0, 0.05) is 6.04 Å². The van der Waals surface area contributed by atoms with Crippen molar-refractivity contribution >= 4 is 0 Å². The van der Waals surface area contributed by atoms with Crippen molar-refractivity contribution in [3.63, 3.8) is 0 Å². The number of piperidine rings is 2. The van der Waals surface area contributed by atoms with Crippen molar-refractivity contribution < 1.29 is 0 Å². The van der Waals surface area contributed by atoms with Crippen LogP contribution in [0.2, 0.25) is 0 Å². The van der Waals surface area contributed by atoms with E-state index in [1.165, 1.54) is 0 Å². The Morgan fingerprint density at radius 1 is 1.56 bits per heavy atom. The van der Waals surface area contributed by atoms with Crippen molar-refractivity contribution in [2.75, 3.05) is 6.54 Å². The van der Waals surface area contributed by atoms with E-state index in [4.69, 9.17) is 5.26 Å². The summed E-state index contributed by atoms with van der Waals surface area (Å²) < 4.78 is 0. The second-order valence-electron chi connectivity index (χ2n) is 3.20. The molecule has 48 valence electrons. The molecule has 0 unspecified atom stereocenters. The van der Waals surface area contributed by atoms with Crippen LogP contribution in [0, 0.1) is 16.7 Å². The second kappa shape index (κ2) is 1.48. The first-order chi connectivity index (χ1) is 4.35. The number of hydrogen-bond donors (Lipinski definition) is 1. The van der Waals surface area contributed by atoms with Crippen LogP contribution in [0.25, 0.3) is 0 Å². The summed E-state index contributed by atoms with van der Waals surface area (Å²) in [7, 11) is 0. The molecular weight excluding hydrogens is 112 g/mol. The molecule has 0 aromatic rings. The highest BCUT2D eigenvalue weighted by Gasteiger charge is 2.47. The van der Waals surface area contributed by atoms with E-state index in [1.807, 2.05) is 0 Å². The molecule has 2 nitrogen and oxygen atoms in total. The van der Waals surface area contributed by atoms with Crippen molar-refractivity contribution in [3.05, 3.63) is 0 Å². The Kier molecular flexibility index (Phi) is 0.866. The summed E-state index contributed by atoms with van der Waals surface area (Å²) in [5.74, 6) is 0. The van der Waals surface area contributed by atoms with Gasteiger partial charge in [0.25, 0.3) is 0 Å². The fraction of sp³-hybridized carbons (Fsp3) is 0.857. The zero-order valence-electron chi connectivity index (χ0n) is 5.35. The summed E-state index contributed by atoms with van der Waals surface area (Å²) in [5, 5.41) is 12.1. The third-order valence-corrected chi connectivity index (χ3v) is 2.55. The largest absolute Gasteiger partial charge is 0.314 e. The van der Waals surface area contributed by atoms with E-state index in [2.05, 4.69) is 11.4 Å². The van der Waals surface area contributed by atoms with Crippen LogP contribution in [0.15, 0.2) is 0 Å². The fourth-order valence-electron chi connectivity index (χ4n) is 1.89. The number of hydrogen-bond acceptors (Lipinski definition) is 2. The van der Waals surface area contributed by atoms with E-state index in [-0.39, 0.29) is 5.41 Å². The molecule has 3 rings (SSSR count). The van der Waals surface area contributed by atoms with Crippen LogP contribution in [0.1, 0.15) is 19.3 Å². The molecule has 0 aromatic carbocycles. The molecule has 3 aliphatic rings. The topological polar surface area (TPSA) is 35.8 Å². The minimum atomic E-state index is 0.107. The zero-order valence-corrected chi connectivity index (χ0v) is 5.35. The third kappa shape index (κ3) is 0.585. The monoisotopic (exact) mass is 122 g/mol. The molecule has 0 radical (unpaired) electrons. The molecule has 2 heteroatoms. The maximum absolute atomic E-state index is 8.71. The molecule has 2 saturated heterocycles. The average molecular weight is 122 g/mol. The minimum absolute atomic E-state index is 0.107. The lowest BCUT2D eigenvalue weighted by atomic mass is 9.62. The molecule has 2 aliphatic heterocycles. The van der Waals surface area contributed by atoms with Gasteiger partial charge in [-0.2, -0.15) is 5.26 Å². The normalized spacial score (nSPS) is 47.2. The van der Waals surface area contributed by atoms with Crippen molar-refractivity contribution in [1.82, 2.24) is 5.32 Å². The Hall–Kier alpha value is -0.550. The molecule has 0 amide bonds. The average Bonchev–Trinajstić information content (AvgIpc) is 1.88. The van der Waals surface area contributed by atoms with E-state index >= 15 is 0 Å². The molecule has 0 aromatic heterocycles. The van der Waals surface area contributed by atoms with Crippen LogP contribution in [0.4, 0.5) is 0 Å². The summed E-state index contributed by atoms with van der Waals surface area (Å²) >= 11 is 0. The Balaban J connectivity index is 2.12. The fourth-order valence-corrected chi connectivity index (χ4v) is 1.89. The summed E-state index contributed by atoms with van der Waals surface area (Å²) in [6.07, 6.45) is 3.27. The van der Waals surface area contributed by atoms with Crippen molar-refractivity contribution in [2.45, 2.75) is 25.3 Å². The summed E-state index contributed by atoms with van der Waals surface area (Å²) in [4.78, 5) is 0. The molecule has 1 saturated carbocycles. The van der Waals surface area contributed by atoms with Gasteiger partial charge < -0.3 is 5.32 Å². The molecule has 0 spiro atoms. The lowest BCUT2D eigenvalue weighted by Crippen LogP contribution is -2.55. The molecule has 2 heterocycles. The quantitative estimate of drug-likeness (QED) is 0.512. The molecule has 1 N–H and O–H groups in total. The Labute approximate surface area is 54.9 Å². The Morgan fingerprint density at radius 3 is 2.67 bits per heavy atom. The number of nitriles is 1. The van der Waals surface area contributed by atoms with Crippen LogP contribution in [0.5, 0.6) is 0 Å². The van der Waals surface area contributed by atoms with Gasteiger partial charge in [0.2, 0.25) is 0 Å². The number of rotatable bonds is 0. The third-order valence-electron chi connectivity index (χ3n) is 2.55. The van der Waals surface area contributed by atoms with E-state index in [9.17, 15) is 0 Å². The first-order valence-electron chi connectivity index (χ1n) is 3.49. The highest BCUT2D eigenvalue weighted by atomic mass is 15.0. The molecule has 0 atom stereocenters. The highest BCUT2D eigenvalue weighted by molar-refractivity contribution is 5.13. The second-order valence-corrected chi connectivity index (χ2v) is 3.20. The van der Waals surface area contributed by atoms with E-state index in [1.54, 1.807) is 0 Å². The summed E-state index contributed by atoms with van der Waals surface area (Å²) in [6, 6.07) is 3.09. The Morgan fingerprint density at radius 2 is 2.33 bits per heavy atom. The molecular formula is C7H10N2. The summed E-state index contributed by atoms with van der Waals surface area (Å²) in [6.45, 7) is 1.05. The van der Waals surface area contributed by atoms with Crippen molar-refractivity contribution in [1.29, 1.82) is 5.26 Å². The maximum Gasteiger partial charge on any atom is 0.0691 e. The molecule has 9 heavy (non-hydrogen) atoms. The van der Waals surface area contributed by atoms with Gasteiger partial charge in [0.05, 0.1) is 11.5 Å². The van der Waals surface area contributed by atoms with Crippen LogP contribution in [0.3, 0.4) is 0 Å². The summed E-state index contributed by atoms with van der Waals surface area (Å²) in [5.41, 5.74) is 0.107. The smallest absolute Gasteiger partial charge is 0.0691 e. The molecule has 1 aliphatic carbocycles. The number of nitrogens with one attached hydrogen (secondary N) is 1. The van der Waals surface area contributed by atoms with Gasteiger partial charge >= 0.3 is 0 Å². The van der Waals surface area contributed by atoms with Gasteiger partial charge in [-0.25, -0.2) is 0 Å². The van der Waals surface area contributed by atoms with Gasteiger partial charge in [-0.15, -0.1) is 0 Å². The first-order valence-corrected chi connectivity index (χ1v) is 3.49.